The Morgan fingerprint density at radius 2 is 1.86 bits per heavy atom. The van der Waals surface area contributed by atoms with Crippen LogP contribution in [0.3, 0.4) is 0 Å². The van der Waals surface area contributed by atoms with E-state index >= 15 is 0 Å². The van der Waals surface area contributed by atoms with Crippen molar-refractivity contribution in [3.63, 3.8) is 0 Å². The maximum atomic E-state index is 9.72. The molecule has 1 fully saturated rings. The number of nitrogens with zero attached hydrogens (tertiary/aromatic N) is 2. The zero-order chi connectivity index (χ0) is 15.0. The standard InChI is InChI=1S/C18H26N2O/c1-12(2)20-18-9-8-16(10-17(18)11-19-20)15-6-4-14(5-7-15)13(3)21/h8-15,21H,4-7H2,1-3H3. The second-order valence-electron chi connectivity index (χ2n) is 6.85. The van der Waals surface area contributed by atoms with Gasteiger partial charge in [0.1, 0.15) is 0 Å². The Bertz CT molecular complexity index is 607. The highest BCUT2D eigenvalue weighted by atomic mass is 16.3. The predicted octanol–water partition coefficient (Wildman–Crippen LogP) is 4.27. The number of aromatic nitrogens is 2. The lowest BCUT2D eigenvalue weighted by molar-refractivity contribution is 0.0967. The minimum absolute atomic E-state index is 0.155. The lowest BCUT2D eigenvalue weighted by Crippen LogP contribution is -2.22. The molecule has 0 amide bonds. The van der Waals surface area contributed by atoms with Crippen molar-refractivity contribution in [2.45, 2.75) is 64.5 Å². The molecule has 1 saturated carbocycles. The molecule has 21 heavy (non-hydrogen) atoms. The van der Waals surface area contributed by atoms with E-state index in [-0.39, 0.29) is 6.10 Å². The van der Waals surface area contributed by atoms with Crippen LogP contribution in [0.25, 0.3) is 10.9 Å². The molecule has 1 aromatic heterocycles. The first-order chi connectivity index (χ1) is 10.1. The van der Waals surface area contributed by atoms with E-state index in [0.29, 0.717) is 17.9 Å². The summed E-state index contributed by atoms with van der Waals surface area (Å²) in [5.41, 5.74) is 2.67. The van der Waals surface area contributed by atoms with Gasteiger partial charge in [-0.05, 0) is 76.0 Å². The molecule has 1 unspecified atom stereocenters. The zero-order valence-electron chi connectivity index (χ0n) is 13.3. The second-order valence-corrected chi connectivity index (χ2v) is 6.85. The van der Waals surface area contributed by atoms with Crippen molar-refractivity contribution in [1.82, 2.24) is 9.78 Å². The maximum Gasteiger partial charge on any atom is 0.0685 e. The Kier molecular flexibility index (Phi) is 4.03. The van der Waals surface area contributed by atoms with E-state index < -0.39 is 0 Å². The molecule has 0 radical (unpaired) electrons. The van der Waals surface area contributed by atoms with Crippen LogP contribution in [0.1, 0.15) is 64.0 Å². The van der Waals surface area contributed by atoms with Crippen LogP contribution < -0.4 is 0 Å². The van der Waals surface area contributed by atoms with E-state index in [1.165, 1.54) is 29.3 Å². The van der Waals surface area contributed by atoms with Gasteiger partial charge in [0.15, 0.2) is 0 Å². The molecular formula is C18H26N2O. The Labute approximate surface area is 127 Å². The molecule has 1 heterocycles. The number of rotatable bonds is 3. The van der Waals surface area contributed by atoms with Crippen LogP contribution in [-0.4, -0.2) is 21.0 Å². The molecule has 1 atom stereocenters. The molecule has 0 aliphatic heterocycles. The summed E-state index contributed by atoms with van der Waals surface area (Å²) in [4.78, 5) is 0. The summed E-state index contributed by atoms with van der Waals surface area (Å²) in [6, 6.07) is 7.21. The van der Waals surface area contributed by atoms with Crippen molar-refractivity contribution in [2.24, 2.45) is 5.92 Å². The fourth-order valence-corrected chi connectivity index (χ4v) is 3.67. The van der Waals surface area contributed by atoms with E-state index in [0.717, 1.165) is 12.8 Å². The third-order valence-electron chi connectivity index (χ3n) is 5.03. The minimum atomic E-state index is -0.155. The quantitative estimate of drug-likeness (QED) is 0.915. The molecule has 3 rings (SSSR count). The number of hydrogen-bond acceptors (Lipinski definition) is 2. The minimum Gasteiger partial charge on any atom is -0.393 e. The Balaban J connectivity index is 1.79. The Hall–Kier alpha value is -1.35. The molecule has 0 spiro atoms. The highest BCUT2D eigenvalue weighted by Crippen LogP contribution is 2.37. The predicted molar refractivity (Wildman–Crippen MR) is 86.5 cm³/mol. The lowest BCUT2D eigenvalue weighted by atomic mass is 9.77. The number of hydrogen-bond donors (Lipinski definition) is 1. The van der Waals surface area contributed by atoms with E-state index in [9.17, 15) is 5.11 Å². The van der Waals surface area contributed by atoms with E-state index in [2.05, 4.69) is 41.8 Å². The van der Waals surface area contributed by atoms with Gasteiger partial charge in [-0.2, -0.15) is 5.10 Å². The molecule has 1 aliphatic carbocycles. The first-order valence-electron chi connectivity index (χ1n) is 8.21. The van der Waals surface area contributed by atoms with Gasteiger partial charge < -0.3 is 5.11 Å². The van der Waals surface area contributed by atoms with Gasteiger partial charge in [-0.15, -0.1) is 0 Å². The van der Waals surface area contributed by atoms with E-state index in [4.69, 9.17) is 0 Å². The first kappa shape index (κ1) is 14.6. The van der Waals surface area contributed by atoms with Gasteiger partial charge in [0, 0.05) is 11.4 Å². The maximum absolute atomic E-state index is 9.72. The monoisotopic (exact) mass is 286 g/mol. The summed E-state index contributed by atoms with van der Waals surface area (Å²) in [6.07, 6.45) is 6.51. The topological polar surface area (TPSA) is 38.1 Å². The van der Waals surface area contributed by atoms with Crippen LogP contribution in [0.2, 0.25) is 0 Å². The normalized spacial score (nSPS) is 24.6. The molecule has 1 aliphatic rings. The summed E-state index contributed by atoms with van der Waals surface area (Å²) in [7, 11) is 0. The number of aliphatic hydroxyl groups excluding tert-OH is 1. The van der Waals surface area contributed by atoms with Crippen molar-refractivity contribution >= 4 is 10.9 Å². The highest BCUT2D eigenvalue weighted by Gasteiger charge is 2.25. The van der Waals surface area contributed by atoms with Crippen LogP contribution in [0.5, 0.6) is 0 Å². The molecule has 0 saturated heterocycles. The first-order valence-corrected chi connectivity index (χ1v) is 8.21. The summed E-state index contributed by atoms with van der Waals surface area (Å²) in [5.74, 6) is 1.14. The van der Waals surface area contributed by atoms with Gasteiger partial charge in [0.2, 0.25) is 0 Å². The molecule has 3 heteroatoms. The zero-order valence-corrected chi connectivity index (χ0v) is 13.3. The van der Waals surface area contributed by atoms with Gasteiger partial charge in [0.05, 0.1) is 17.8 Å². The fourth-order valence-electron chi connectivity index (χ4n) is 3.67. The van der Waals surface area contributed by atoms with Crippen molar-refractivity contribution in [1.29, 1.82) is 0 Å². The third-order valence-corrected chi connectivity index (χ3v) is 5.03. The number of aliphatic hydroxyl groups is 1. The van der Waals surface area contributed by atoms with Crippen molar-refractivity contribution in [3.05, 3.63) is 30.0 Å². The second kappa shape index (κ2) is 5.80. The van der Waals surface area contributed by atoms with Crippen LogP contribution in [-0.2, 0) is 0 Å². The average Bonchev–Trinajstić information content (AvgIpc) is 2.90. The van der Waals surface area contributed by atoms with Crippen molar-refractivity contribution in [3.8, 4) is 0 Å². The number of benzene rings is 1. The Morgan fingerprint density at radius 1 is 1.14 bits per heavy atom. The van der Waals surface area contributed by atoms with E-state index in [1.54, 1.807) is 0 Å². The van der Waals surface area contributed by atoms with Crippen molar-refractivity contribution in [2.75, 3.05) is 0 Å². The van der Waals surface area contributed by atoms with Gasteiger partial charge >= 0.3 is 0 Å². The molecule has 3 nitrogen and oxygen atoms in total. The number of fused-ring (bicyclic) bond motifs is 1. The summed E-state index contributed by atoms with van der Waals surface area (Å²) in [5, 5.41) is 15.5. The molecule has 0 bridgehead atoms. The summed E-state index contributed by atoms with van der Waals surface area (Å²) < 4.78 is 2.09. The summed E-state index contributed by atoms with van der Waals surface area (Å²) >= 11 is 0. The van der Waals surface area contributed by atoms with Crippen LogP contribution >= 0.6 is 0 Å². The van der Waals surface area contributed by atoms with Gasteiger partial charge in [-0.3, -0.25) is 4.68 Å². The van der Waals surface area contributed by atoms with Gasteiger partial charge in [-0.25, -0.2) is 0 Å². The van der Waals surface area contributed by atoms with Crippen LogP contribution in [0.4, 0.5) is 0 Å². The Morgan fingerprint density at radius 3 is 2.48 bits per heavy atom. The SMILES string of the molecule is CC(O)C1CCC(c2ccc3c(cnn3C(C)C)c2)CC1. The third kappa shape index (κ3) is 2.84. The molecule has 114 valence electrons. The lowest BCUT2D eigenvalue weighted by Gasteiger charge is -2.30. The van der Waals surface area contributed by atoms with Crippen LogP contribution in [0.15, 0.2) is 24.4 Å². The molecule has 1 aromatic carbocycles. The molecule has 1 N–H and O–H groups in total. The molecular weight excluding hydrogens is 260 g/mol. The highest BCUT2D eigenvalue weighted by molar-refractivity contribution is 5.79. The van der Waals surface area contributed by atoms with Crippen molar-refractivity contribution < 1.29 is 5.11 Å². The van der Waals surface area contributed by atoms with Gasteiger partial charge in [0.25, 0.3) is 0 Å². The molecule has 2 aromatic rings. The smallest absolute Gasteiger partial charge is 0.0685 e. The van der Waals surface area contributed by atoms with Crippen LogP contribution in [0, 0.1) is 5.92 Å². The fraction of sp³-hybridized carbons (Fsp3) is 0.611. The van der Waals surface area contributed by atoms with E-state index in [1.807, 2.05) is 13.1 Å². The van der Waals surface area contributed by atoms with Gasteiger partial charge in [-0.1, -0.05) is 6.07 Å². The largest absolute Gasteiger partial charge is 0.393 e. The summed E-state index contributed by atoms with van der Waals surface area (Å²) in [6.45, 7) is 6.26. The average molecular weight is 286 g/mol.